The molecular formula is C17H27N3O. The number of nitrogens with one attached hydrogen (secondary N) is 2. The molecule has 0 aliphatic heterocycles. The Morgan fingerprint density at radius 3 is 2.62 bits per heavy atom. The molecule has 0 atom stereocenters. The summed E-state index contributed by atoms with van der Waals surface area (Å²) in [6.07, 6.45) is 5.00. The fraction of sp³-hybridized carbons (Fsp3) is 0.588. The van der Waals surface area contributed by atoms with Gasteiger partial charge in [0.05, 0.1) is 6.54 Å². The molecule has 21 heavy (non-hydrogen) atoms. The van der Waals surface area contributed by atoms with E-state index in [0.717, 1.165) is 17.8 Å². The van der Waals surface area contributed by atoms with Gasteiger partial charge < -0.3 is 15.5 Å². The van der Waals surface area contributed by atoms with Crippen molar-refractivity contribution in [1.82, 2.24) is 10.2 Å². The summed E-state index contributed by atoms with van der Waals surface area (Å²) in [4.78, 5) is 14.3. The van der Waals surface area contributed by atoms with Crippen molar-refractivity contribution >= 4 is 11.6 Å². The number of aryl methyl sites for hydroxylation is 1. The van der Waals surface area contributed by atoms with Gasteiger partial charge in [0.25, 0.3) is 0 Å². The number of hydrogen-bond acceptors (Lipinski definition) is 3. The zero-order chi connectivity index (χ0) is 15.3. The molecule has 0 heterocycles. The third-order valence-corrected chi connectivity index (χ3v) is 4.52. The summed E-state index contributed by atoms with van der Waals surface area (Å²) in [5.41, 5.74) is 2.24. The van der Waals surface area contributed by atoms with Gasteiger partial charge in [-0.05, 0) is 51.6 Å². The van der Waals surface area contributed by atoms with Crippen molar-refractivity contribution < 1.29 is 4.79 Å². The molecule has 2 N–H and O–H groups in total. The zero-order valence-electron chi connectivity index (χ0n) is 13.4. The quantitative estimate of drug-likeness (QED) is 0.845. The highest BCUT2D eigenvalue weighted by molar-refractivity contribution is 5.92. The van der Waals surface area contributed by atoms with Crippen LogP contribution in [0, 0.1) is 6.92 Å². The molecule has 0 bridgehead atoms. The minimum atomic E-state index is 0.0208. The highest BCUT2D eigenvalue weighted by Gasteiger charge is 2.35. The molecule has 1 amide bonds. The van der Waals surface area contributed by atoms with Crippen molar-refractivity contribution in [3.63, 3.8) is 0 Å². The Morgan fingerprint density at radius 2 is 2.00 bits per heavy atom. The van der Waals surface area contributed by atoms with Gasteiger partial charge >= 0.3 is 0 Å². The third-order valence-electron chi connectivity index (χ3n) is 4.52. The van der Waals surface area contributed by atoms with Crippen LogP contribution in [0.3, 0.4) is 0 Å². The third kappa shape index (κ3) is 4.29. The van der Waals surface area contributed by atoms with Gasteiger partial charge in [-0.2, -0.15) is 0 Å². The van der Waals surface area contributed by atoms with Crippen molar-refractivity contribution in [3.8, 4) is 0 Å². The van der Waals surface area contributed by atoms with E-state index in [-0.39, 0.29) is 11.4 Å². The van der Waals surface area contributed by atoms with E-state index < -0.39 is 0 Å². The molecule has 4 heteroatoms. The van der Waals surface area contributed by atoms with E-state index >= 15 is 0 Å². The van der Waals surface area contributed by atoms with Crippen LogP contribution in [0.2, 0.25) is 0 Å². The van der Waals surface area contributed by atoms with Gasteiger partial charge in [0.2, 0.25) is 5.91 Å². The second kappa shape index (κ2) is 7.05. The lowest BCUT2D eigenvalue weighted by Crippen LogP contribution is -2.50. The van der Waals surface area contributed by atoms with Gasteiger partial charge in [-0.25, -0.2) is 0 Å². The molecule has 1 fully saturated rings. The Hall–Kier alpha value is -1.39. The molecule has 0 unspecified atom stereocenters. The maximum absolute atomic E-state index is 12.0. The van der Waals surface area contributed by atoms with Crippen LogP contribution >= 0.6 is 0 Å². The van der Waals surface area contributed by atoms with Gasteiger partial charge in [0.15, 0.2) is 0 Å². The first-order valence-corrected chi connectivity index (χ1v) is 7.76. The minimum Gasteiger partial charge on any atom is -0.325 e. The molecule has 1 saturated carbocycles. The SMILES string of the molecule is Cc1cccc(NC(=O)CNCC2(N(C)C)CCCC2)c1. The number of likely N-dealkylation sites (N-methyl/N-ethyl adjacent to an activating group) is 1. The Balaban J connectivity index is 1.79. The first-order chi connectivity index (χ1) is 10.0. The number of hydrogen-bond donors (Lipinski definition) is 2. The molecule has 1 aromatic carbocycles. The maximum atomic E-state index is 12.0. The predicted molar refractivity (Wildman–Crippen MR) is 87.6 cm³/mol. The average molecular weight is 289 g/mol. The second-order valence-corrected chi connectivity index (χ2v) is 6.35. The molecule has 116 valence electrons. The van der Waals surface area contributed by atoms with Gasteiger partial charge in [0.1, 0.15) is 0 Å². The minimum absolute atomic E-state index is 0.0208. The Kier molecular flexibility index (Phi) is 5.37. The fourth-order valence-electron chi connectivity index (χ4n) is 3.15. The molecule has 0 saturated heterocycles. The van der Waals surface area contributed by atoms with Crippen LogP contribution in [-0.2, 0) is 4.79 Å². The lowest BCUT2D eigenvalue weighted by atomic mass is 9.96. The summed E-state index contributed by atoms with van der Waals surface area (Å²) in [5, 5.41) is 6.27. The summed E-state index contributed by atoms with van der Waals surface area (Å²) in [7, 11) is 4.28. The lowest BCUT2D eigenvalue weighted by molar-refractivity contribution is -0.115. The molecule has 2 rings (SSSR count). The van der Waals surface area contributed by atoms with Crippen LogP contribution in [0.1, 0.15) is 31.2 Å². The highest BCUT2D eigenvalue weighted by atomic mass is 16.1. The molecule has 0 spiro atoms. The number of anilines is 1. The smallest absolute Gasteiger partial charge is 0.238 e. The van der Waals surface area contributed by atoms with Crippen LogP contribution in [0.5, 0.6) is 0 Å². The molecule has 4 nitrogen and oxygen atoms in total. The number of carbonyl (C=O) groups is 1. The normalized spacial score (nSPS) is 17.1. The first-order valence-electron chi connectivity index (χ1n) is 7.76. The summed E-state index contributed by atoms with van der Waals surface area (Å²) in [6.45, 7) is 3.26. The van der Waals surface area contributed by atoms with E-state index in [9.17, 15) is 4.79 Å². The zero-order valence-corrected chi connectivity index (χ0v) is 13.4. The first kappa shape index (κ1) is 16.0. The topological polar surface area (TPSA) is 44.4 Å². The van der Waals surface area contributed by atoms with E-state index in [1.165, 1.54) is 25.7 Å². The average Bonchev–Trinajstić information content (AvgIpc) is 2.89. The number of nitrogens with zero attached hydrogens (tertiary/aromatic N) is 1. The molecule has 1 aliphatic rings. The summed E-state index contributed by atoms with van der Waals surface area (Å²) >= 11 is 0. The van der Waals surface area contributed by atoms with Crippen molar-refractivity contribution in [2.24, 2.45) is 0 Å². The van der Waals surface area contributed by atoms with Crippen molar-refractivity contribution in [3.05, 3.63) is 29.8 Å². The van der Waals surface area contributed by atoms with Gasteiger partial charge in [-0.15, -0.1) is 0 Å². The van der Waals surface area contributed by atoms with E-state index in [2.05, 4.69) is 29.6 Å². The van der Waals surface area contributed by atoms with Crippen LogP contribution in [0.4, 0.5) is 5.69 Å². The van der Waals surface area contributed by atoms with Gasteiger partial charge in [-0.1, -0.05) is 25.0 Å². The van der Waals surface area contributed by atoms with Crippen LogP contribution in [-0.4, -0.2) is 43.5 Å². The lowest BCUT2D eigenvalue weighted by Gasteiger charge is -2.36. The Labute approximate surface area is 127 Å². The molecular weight excluding hydrogens is 262 g/mol. The highest BCUT2D eigenvalue weighted by Crippen LogP contribution is 2.32. The molecule has 1 aromatic rings. The molecule has 0 radical (unpaired) electrons. The van der Waals surface area contributed by atoms with Crippen LogP contribution in [0.25, 0.3) is 0 Å². The van der Waals surface area contributed by atoms with E-state index in [4.69, 9.17) is 0 Å². The van der Waals surface area contributed by atoms with Crippen molar-refractivity contribution in [1.29, 1.82) is 0 Å². The Morgan fingerprint density at radius 1 is 1.29 bits per heavy atom. The van der Waals surface area contributed by atoms with Gasteiger partial charge in [-0.3, -0.25) is 4.79 Å². The Bertz CT molecular complexity index is 479. The van der Waals surface area contributed by atoms with E-state index in [1.807, 2.05) is 31.2 Å². The van der Waals surface area contributed by atoms with E-state index in [0.29, 0.717) is 6.54 Å². The maximum Gasteiger partial charge on any atom is 0.238 e. The fourth-order valence-corrected chi connectivity index (χ4v) is 3.15. The molecule has 0 aromatic heterocycles. The number of carbonyl (C=O) groups excluding carboxylic acids is 1. The van der Waals surface area contributed by atoms with E-state index in [1.54, 1.807) is 0 Å². The number of rotatable bonds is 6. The standard InChI is InChI=1S/C17H27N3O/c1-14-7-6-8-15(11-14)19-16(21)12-18-13-17(20(2)3)9-4-5-10-17/h6-8,11,18H,4-5,9-10,12-13H2,1-3H3,(H,19,21). The number of amides is 1. The molecule has 1 aliphatic carbocycles. The summed E-state index contributed by atoms with van der Waals surface area (Å²) in [5.74, 6) is 0.0208. The van der Waals surface area contributed by atoms with Crippen molar-refractivity contribution in [2.75, 3.05) is 32.5 Å². The monoisotopic (exact) mass is 289 g/mol. The predicted octanol–water partition coefficient (Wildman–Crippen LogP) is 2.40. The number of benzene rings is 1. The second-order valence-electron chi connectivity index (χ2n) is 6.35. The van der Waals surface area contributed by atoms with Crippen LogP contribution < -0.4 is 10.6 Å². The summed E-state index contributed by atoms with van der Waals surface area (Å²) in [6, 6.07) is 7.88. The van der Waals surface area contributed by atoms with Gasteiger partial charge in [0, 0.05) is 17.8 Å². The largest absolute Gasteiger partial charge is 0.325 e. The summed E-state index contributed by atoms with van der Waals surface area (Å²) < 4.78 is 0. The van der Waals surface area contributed by atoms with Crippen LogP contribution in [0.15, 0.2) is 24.3 Å². The van der Waals surface area contributed by atoms with Crippen molar-refractivity contribution in [2.45, 2.75) is 38.1 Å².